The lowest BCUT2D eigenvalue weighted by Gasteiger charge is -2.13. The molecule has 0 spiro atoms. The molecule has 0 saturated heterocycles. The molecule has 2 rings (SSSR count). The summed E-state index contributed by atoms with van der Waals surface area (Å²) in [5, 5.41) is 11.8. The number of nitrogens with zero attached hydrogens (tertiary/aromatic N) is 3. The molecule has 0 aliphatic rings. The number of nitrogens with one attached hydrogen (secondary N) is 1. The number of amides is 1. The first-order valence-corrected chi connectivity index (χ1v) is 8.53. The maximum Gasteiger partial charge on any atom is 0.237 e. The highest BCUT2D eigenvalue weighted by Crippen LogP contribution is 2.28. The highest BCUT2D eigenvalue weighted by atomic mass is 35.5. The quantitative estimate of drug-likeness (QED) is 0.599. The molecule has 24 heavy (non-hydrogen) atoms. The maximum atomic E-state index is 12.4. The van der Waals surface area contributed by atoms with E-state index in [0.29, 0.717) is 28.2 Å². The number of anilines is 1. The monoisotopic (exact) mass is 366 g/mol. The smallest absolute Gasteiger partial charge is 0.237 e. The van der Waals surface area contributed by atoms with E-state index in [1.807, 2.05) is 18.4 Å². The third kappa shape index (κ3) is 4.30. The van der Waals surface area contributed by atoms with Crippen molar-refractivity contribution in [2.24, 2.45) is 0 Å². The number of rotatable bonds is 7. The second-order valence-electron chi connectivity index (χ2n) is 5.03. The fraction of sp³-hybridized carbons (Fsp3) is 0.312. The van der Waals surface area contributed by atoms with Crippen molar-refractivity contribution in [3.63, 3.8) is 0 Å². The van der Waals surface area contributed by atoms with Crippen molar-refractivity contribution < 1.29 is 9.53 Å². The molecule has 0 fully saturated rings. The van der Waals surface area contributed by atoms with Crippen LogP contribution in [0.2, 0.25) is 5.02 Å². The predicted octanol–water partition coefficient (Wildman–Crippen LogP) is 3.55. The lowest BCUT2D eigenvalue weighted by molar-refractivity contribution is -0.115. The number of thioether (sulfide) groups is 1. The highest BCUT2D eigenvalue weighted by molar-refractivity contribution is 8.00. The number of hydrogen-bond donors (Lipinski definition) is 1. The van der Waals surface area contributed by atoms with Crippen LogP contribution in [0.1, 0.15) is 12.7 Å². The molecular formula is C16H19ClN4O2S. The van der Waals surface area contributed by atoms with Crippen LogP contribution in [0.3, 0.4) is 0 Å². The molecule has 0 aliphatic heterocycles. The lowest BCUT2D eigenvalue weighted by atomic mass is 10.3. The molecule has 1 heterocycles. The molecule has 0 radical (unpaired) electrons. The molecule has 8 heteroatoms. The van der Waals surface area contributed by atoms with Crippen LogP contribution in [0, 0.1) is 6.92 Å². The first-order chi connectivity index (χ1) is 11.5. The molecule has 6 nitrogen and oxygen atoms in total. The number of carbonyl (C=O) groups is 1. The van der Waals surface area contributed by atoms with Gasteiger partial charge < -0.3 is 14.6 Å². The molecule has 1 atom stereocenters. The van der Waals surface area contributed by atoms with E-state index in [2.05, 4.69) is 22.1 Å². The van der Waals surface area contributed by atoms with Gasteiger partial charge in [-0.15, -0.1) is 16.8 Å². The molecule has 1 N–H and O–H groups in total. The second-order valence-corrected chi connectivity index (χ2v) is 6.74. The van der Waals surface area contributed by atoms with Gasteiger partial charge in [-0.3, -0.25) is 4.79 Å². The molecule has 0 saturated carbocycles. The Hall–Kier alpha value is -1.99. The molecule has 0 aliphatic carbocycles. The van der Waals surface area contributed by atoms with E-state index < -0.39 is 0 Å². The van der Waals surface area contributed by atoms with Gasteiger partial charge >= 0.3 is 0 Å². The molecule has 128 valence electrons. The van der Waals surface area contributed by atoms with Gasteiger partial charge in [-0.1, -0.05) is 29.4 Å². The van der Waals surface area contributed by atoms with E-state index in [1.165, 1.54) is 11.8 Å². The normalized spacial score (nSPS) is 11.8. The Balaban J connectivity index is 2.05. The summed E-state index contributed by atoms with van der Waals surface area (Å²) in [4.78, 5) is 12.4. The minimum absolute atomic E-state index is 0.146. The third-order valence-electron chi connectivity index (χ3n) is 3.28. The van der Waals surface area contributed by atoms with E-state index in [9.17, 15) is 4.79 Å². The van der Waals surface area contributed by atoms with Crippen molar-refractivity contribution in [1.82, 2.24) is 14.8 Å². The van der Waals surface area contributed by atoms with Crippen LogP contribution in [0.4, 0.5) is 5.69 Å². The number of hydrogen-bond acceptors (Lipinski definition) is 5. The van der Waals surface area contributed by atoms with Gasteiger partial charge in [0.05, 0.1) is 17.4 Å². The zero-order chi connectivity index (χ0) is 17.7. The molecule has 1 aromatic heterocycles. The molecule has 1 amide bonds. The Morgan fingerprint density at radius 2 is 2.29 bits per heavy atom. The van der Waals surface area contributed by atoms with Gasteiger partial charge in [-0.2, -0.15) is 0 Å². The second kappa shape index (κ2) is 8.21. The largest absolute Gasteiger partial charge is 0.495 e. The zero-order valence-corrected chi connectivity index (χ0v) is 15.3. The molecule has 0 bridgehead atoms. The van der Waals surface area contributed by atoms with E-state index in [4.69, 9.17) is 16.3 Å². The summed E-state index contributed by atoms with van der Waals surface area (Å²) in [6.45, 7) is 8.00. The zero-order valence-electron chi connectivity index (χ0n) is 13.7. The highest BCUT2D eigenvalue weighted by Gasteiger charge is 2.19. The van der Waals surface area contributed by atoms with Crippen molar-refractivity contribution in [3.05, 3.63) is 41.7 Å². The Kier molecular flexibility index (Phi) is 6.28. The van der Waals surface area contributed by atoms with Crippen LogP contribution in [0.5, 0.6) is 5.75 Å². The summed E-state index contributed by atoms with van der Waals surface area (Å²) in [6.07, 6.45) is 1.77. The number of halogens is 1. The number of methoxy groups -OCH3 is 1. The predicted molar refractivity (Wildman–Crippen MR) is 96.9 cm³/mol. The summed E-state index contributed by atoms with van der Waals surface area (Å²) in [6, 6.07) is 5.10. The van der Waals surface area contributed by atoms with Crippen molar-refractivity contribution in [2.75, 3.05) is 12.4 Å². The van der Waals surface area contributed by atoms with Gasteiger partial charge in [0.1, 0.15) is 11.6 Å². The first kappa shape index (κ1) is 18.4. The number of ether oxygens (including phenoxy) is 1. The fourth-order valence-electron chi connectivity index (χ4n) is 1.99. The fourth-order valence-corrected chi connectivity index (χ4v) is 3.15. The van der Waals surface area contributed by atoms with Crippen LogP contribution in [-0.4, -0.2) is 33.0 Å². The van der Waals surface area contributed by atoms with Crippen LogP contribution in [-0.2, 0) is 11.3 Å². The minimum Gasteiger partial charge on any atom is -0.495 e. The Labute approximate surface area is 150 Å². The summed E-state index contributed by atoms with van der Waals surface area (Å²) in [5.74, 6) is 1.20. The molecule has 0 unspecified atom stereocenters. The summed E-state index contributed by atoms with van der Waals surface area (Å²) in [7, 11) is 1.54. The number of aryl methyl sites for hydroxylation is 1. The van der Waals surface area contributed by atoms with Crippen molar-refractivity contribution in [2.45, 2.75) is 30.8 Å². The van der Waals surface area contributed by atoms with Crippen LogP contribution >= 0.6 is 23.4 Å². The first-order valence-electron chi connectivity index (χ1n) is 7.28. The van der Waals surface area contributed by atoms with Gasteiger partial charge in [0, 0.05) is 12.2 Å². The van der Waals surface area contributed by atoms with Gasteiger partial charge in [0.15, 0.2) is 5.16 Å². The molecule has 1 aromatic carbocycles. The van der Waals surface area contributed by atoms with Crippen LogP contribution in [0.15, 0.2) is 36.0 Å². The van der Waals surface area contributed by atoms with Gasteiger partial charge in [0.2, 0.25) is 5.91 Å². The standard InChI is InChI=1S/C16H19ClN4O2S/c1-5-8-21-11(3)19-20-16(21)24-10(2)15(22)18-12-6-7-14(23-4)13(17)9-12/h5-7,9-10H,1,8H2,2-4H3,(H,18,22)/t10-/m1/s1. The molecular weight excluding hydrogens is 348 g/mol. The minimum atomic E-state index is -0.349. The van der Waals surface area contributed by atoms with E-state index in [0.717, 1.165) is 5.82 Å². The van der Waals surface area contributed by atoms with E-state index in [1.54, 1.807) is 31.4 Å². The lowest BCUT2D eigenvalue weighted by Crippen LogP contribution is -2.23. The summed E-state index contributed by atoms with van der Waals surface area (Å²) in [5.41, 5.74) is 0.613. The summed E-state index contributed by atoms with van der Waals surface area (Å²) >= 11 is 7.41. The van der Waals surface area contributed by atoms with Crippen LogP contribution in [0.25, 0.3) is 0 Å². The number of carbonyl (C=O) groups excluding carboxylic acids is 1. The molecule has 2 aromatic rings. The maximum absolute atomic E-state index is 12.4. The Bertz CT molecular complexity index is 748. The Morgan fingerprint density at radius 1 is 1.54 bits per heavy atom. The average molecular weight is 367 g/mol. The number of allylic oxidation sites excluding steroid dienone is 1. The summed E-state index contributed by atoms with van der Waals surface area (Å²) < 4.78 is 7.00. The van der Waals surface area contributed by atoms with E-state index in [-0.39, 0.29) is 11.2 Å². The van der Waals surface area contributed by atoms with E-state index >= 15 is 0 Å². The van der Waals surface area contributed by atoms with Crippen molar-refractivity contribution in [1.29, 1.82) is 0 Å². The Morgan fingerprint density at radius 3 is 2.92 bits per heavy atom. The van der Waals surface area contributed by atoms with Crippen molar-refractivity contribution >= 4 is 35.0 Å². The van der Waals surface area contributed by atoms with Crippen LogP contribution < -0.4 is 10.1 Å². The van der Waals surface area contributed by atoms with Gasteiger partial charge in [-0.25, -0.2) is 0 Å². The number of benzene rings is 1. The SMILES string of the molecule is C=CCn1c(C)nnc1S[C@H](C)C(=O)Nc1ccc(OC)c(Cl)c1. The number of aromatic nitrogens is 3. The van der Waals surface area contributed by atoms with Gasteiger partial charge in [-0.05, 0) is 32.0 Å². The van der Waals surface area contributed by atoms with Gasteiger partial charge in [0.25, 0.3) is 0 Å². The average Bonchev–Trinajstić information content (AvgIpc) is 2.88. The topological polar surface area (TPSA) is 69.0 Å². The van der Waals surface area contributed by atoms with Crippen molar-refractivity contribution in [3.8, 4) is 5.75 Å². The third-order valence-corrected chi connectivity index (χ3v) is 4.66.